The first-order valence-corrected chi connectivity index (χ1v) is 7.69. The van der Waals surface area contributed by atoms with Gasteiger partial charge < -0.3 is 20.7 Å². The number of anilines is 2. The van der Waals surface area contributed by atoms with Gasteiger partial charge in [0.25, 0.3) is 5.69 Å². The van der Waals surface area contributed by atoms with Crippen molar-refractivity contribution in [2.75, 3.05) is 30.9 Å². The molecule has 0 heterocycles. The minimum absolute atomic E-state index is 0.0747. The van der Waals surface area contributed by atoms with Crippen molar-refractivity contribution in [3.8, 4) is 0 Å². The average Bonchev–Trinajstić information content (AvgIpc) is 2.61. The number of nitro benzene ring substituents is 1. The van der Waals surface area contributed by atoms with Crippen molar-refractivity contribution in [1.29, 1.82) is 0 Å². The van der Waals surface area contributed by atoms with Crippen LogP contribution in [0.2, 0.25) is 0 Å². The summed E-state index contributed by atoms with van der Waals surface area (Å²) in [5.74, 6) is 0. The Balaban J connectivity index is 1.81. The highest BCUT2D eigenvalue weighted by atomic mass is 16.6. The van der Waals surface area contributed by atoms with Gasteiger partial charge in [-0.25, -0.2) is 4.79 Å². The third kappa shape index (κ3) is 6.11. The van der Waals surface area contributed by atoms with Crippen LogP contribution < -0.4 is 16.0 Å². The number of nitrogens with one attached hydrogen (secondary N) is 3. The normalized spacial score (nSPS) is 10.1. The summed E-state index contributed by atoms with van der Waals surface area (Å²) in [6.07, 6.45) is 0. The standard InChI is InChI=1S/C17H20N4O4/c1-25-10-9-18-14-7-5-13(6-8-14)12-19-17(22)20-15-3-2-4-16(11-15)21(23)24/h2-8,11,18H,9-10,12H2,1H3,(H2,19,20,22). The van der Waals surface area contributed by atoms with Gasteiger partial charge in [0.15, 0.2) is 0 Å². The number of nitro groups is 1. The van der Waals surface area contributed by atoms with Gasteiger partial charge in [-0.3, -0.25) is 10.1 Å². The lowest BCUT2D eigenvalue weighted by Crippen LogP contribution is -2.28. The number of urea groups is 1. The molecule has 0 aliphatic rings. The molecule has 0 radical (unpaired) electrons. The fourth-order valence-electron chi connectivity index (χ4n) is 2.09. The van der Waals surface area contributed by atoms with E-state index in [0.717, 1.165) is 17.8 Å². The summed E-state index contributed by atoms with van der Waals surface area (Å²) in [7, 11) is 1.65. The number of carbonyl (C=O) groups is 1. The predicted octanol–water partition coefficient (Wildman–Crippen LogP) is 2.97. The second-order valence-corrected chi connectivity index (χ2v) is 5.23. The molecule has 2 amide bonds. The number of amides is 2. The smallest absolute Gasteiger partial charge is 0.319 e. The van der Waals surface area contributed by atoms with Gasteiger partial charge in [-0.15, -0.1) is 0 Å². The SMILES string of the molecule is COCCNc1ccc(CNC(=O)Nc2cccc([N+](=O)[O-])c2)cc1. The Morgan fingerprint density at radius 1 is 1.16 bits per heavy atom. The highest BCUT2D eigenvalue weighted by Gasteiger charge is 2.07. The number of hydrogen-bond donors (Lipinski definition) is 3. The summed E-state index contributed by atoms with van der Waals surface area (Å²) >= 11 is 0. The van der Waals surface area contributed by atoms with Gasteiger partial charge in [0.2, 0.25) is 0 Å². The maximum Gasteiger partial charge on any atom is 0.319 e. The van der Waals surface area contributed by atoms with Gasteiger partial charge >= 0.3 is 6.03 Å². The minimum Gasteiger partial charge on any atom is -0.383 e. The van der Waals surface area contributed by atoms with E-state index in [2.05, 4.69) is 16.0 Å². The molecule has 0 atom stereocenters. The Morgan fingerprint density at radius 3 is 2.60 bits per heavy atom. The van der Waals surface area contributed by atoms with E-state index in [-0.39, 0.29) is 5.69 Å². The van der Waals surface area contributed by atoms with E-state index in [9.17, 15) is 14.9 Å². The molecule has 0 fully saturated rings. The van der Waals surface area contributed by atoms with E-state index in [1.54, 1.807) is 13.2 Å². The van der Waals surface area contributed by atoms with Gasteiger partial charge in [0.05, 0.1) is 11.5 Å². The zero-order valence-corrected chi connectivity index (χ0v) is 13.8. The number of ether oxygens (including phenoxy) is 1. The number of benzene rings is 2. The lowest BCUT2D eigenvalue weighted by atomic mass is 10.2. The summed E-state index contributed by atoms with van der Waals surface area (Å²) in [5, 5.41) is 19.2. The average molecular weight is 344 g/mol. The van der Waals surface area contributed by atoms with Crippen LogP contribution in [0.1, 0.15) is 5.56 Å². The molecule has 0 aliphatic carbocycles. The molecular weight excluding hydrogens is 324 g/mol. The van der Waals surface area contributed by atoms with Crippen molar-refractivity contribution in [3.05, 3.63) is 64.2 Å². The molecule has 0 aromatic heterocycles. The Labute approximate surface area is 145 Å². The lowest BCUT2D eigenvalue weighted by molar-refractivity contribution is -0.384. The maximum atomic E-state index is 11.9. The summed E-state index contributed by atoms with van der Waals surface area (Å²) in [6.45, 7) is 1.69. The van der Waals surface area contributed by atoms with Gasteiger partial charge in [-0.1, -0.05) is 18.2 Å². The van der Waals surface area contributed by atoms with Crippen LogP contribution in [-0.2, 0) is 11.3 Å². The summed E-state index contributed by atoms with van der Waals surface area (Å²) < 4.78 is 4.97. The monoisotopic (exact) mass is 344 g/mol. The molecule has 2 aromatic carbocycles. The number of methoxy groups -OCH3 is 1. The van der Waals surface area contributed by atoms with Crippen LogP contribution in [0.4, 0.5) is 21.9 Å². The molecule has 0 unspecified atom stereocenters. The van der Waals surface area contributed by atoms with Crippen molar-refractivity contribution in [2.24, 2.45) is 0 Å². The highest BCUT2D eigenvalue weighted by molar-refractivity contribution is 5.89. The third-order valence-electron chi connectivity index (χ3n) is 3.36. The van der Waals surface area contributed by atoms with Crippen molar-refractivity contribution < 1.29 is 14.5 Å². The van der Waals surface area contributed by atoms with Crippen molar-refractivity contribution >= 4 is 23.1 Å². The highest BCUT2D eigenvalue weighted by Crippen LogP contribution is 2.16. The molecule has 2 rings (SSSR count). The number of carbonyl (C=O) groups excluding carboxylic acids is 1. The zero-order chi connectivity index (χ0) is 18.1. The van der Waals surface area contributed by atoms with Crippen LogP contribution in [-0.4, -0.2) is 31.2 Å². The van der Waals surface area contributed by atoms with Crippen LogP contribution in [0.5, 0.6) is 0 Å². The van der Waals surface area contributed by atoms with E-state index >= 15 is 0 Å². The molecule has 0 saturated carbocycles. The zero-order valence-electron chi connectivity index (χ0n) is 13.8. The molecule has 0 spiro atoms. The van der Waals surface area contributed by atoms with Gasteiger partial charge in [-0.05, 0) is 23.8 Å². The fraction of sp³-hybridized carbons (Fsp3) is 0.235. The molecule has 132 valence electrons. The van der Waals surface area contributed by atoms with E-state index in [0.29, 0.717) is 18.8 Å². The van der Waals surface area contributed by atoms with E-state index in [1.165, 1.54) is 18.2 Å². The van der Waals surface area contributed by atoms with Crippen molar-refractivity contribution in [1.82, 2.24) is 5.32 Å². The molecular formula is C17H20N4O4. The first-order chi connectivity index (χ1) is 12.1. The Morgan fingerprint density at radius 2 is 1.92 bits per heavy atom. The molecule has 2 aromatic rings. The van der Waals surface area contributed by atoms with E-state index < -0.39 is 11.0 Å². The number of non-ortho nitro benzene ring substituents is 1. The van der Waals surface area contributed by atoms with Gasteiger partial charge in [0.1, 0.15) is 0 Å². The summed E-state index contributed by atoms with van der Waals surface area (Å²) in [6, 6.07) is 13.0. The first-order valence-electron chi connectivity index (χ1n) is 7.69. The quantitative estimate of drug-likeness (QED) is 0.388. The largest absolute Gasteiger partial charge is 0.383 e. The molecule has 0 bridgehead atoms. The second kappa shape index (κ2) is 9.24. The molecule has 3 N–H and O–H groups in total. The van der Waals surface area contributed by atoms with Crippen LogP contribution in [0.3, 0.4) is 0 Å². The number of nitrogens with zero attached hydrogens (tertiary/aromatic N) is 1. The van der Waals surface area contributed by atoms with Crippen LogP contribution in [0, 0.1) is 10.1 Å². The number of hydrogen-bond acceptors (Lipinski definition) is 5. The summed E-state index contributed by atoms with van der Waals surface area (Å²) in [5.41, 5.74) is 2.20. The minimum atomic E-state index is -0.509. The molecule has 25 heavy (non-hydrogen) atoms. The second-order valence-electron chi connectivity index (χ2n) is 5.23. The first kappa shape index (κ1) is 18.2. The molecule has 8 heteroatoms. The Bertz CT molecular complexity index is 719. The lowest BCUT2D eigenvalue weighted by Gasteiger charge is -2.09. The predicted molar refractivity (Wildman–Crippen MR) is 95.8 cm³/mol. The van der Waals surface area contributed by atoms with Crippen LogP contribution in [0.25, 0.3) is 0 Å². The Kier molecular flexibility index (Phi) is 6.73. The third-order valence-corrected chi connectivity index (χ3v) is 3.36. The maximum absolute atomic E-state index is 11.9. The van der Waals surface area contributed by atoms with E-state index in [4.69, 9.17) is 4.74 Å². The number of rotatable bonds is 8. The topological polar surface area (TPSA) is 106 Å². The van der Waals surface area contributed by atoms with Crippen LogP contribution >= 0.6 is 0 Å². The van der Waals surface area contributed by atoms with E-state index in [1.807, 2.05) is 24.3 Å². The Hall–Kier alpha value is -3.13. The van der Waals surface area contributed by atoms with Crippen molar-refractivity contribution in [3.63, 3.8) is 0 Å². The summed E-state index contributed by atoms with van der Waals surface area (Å²) in [4.78, 5) is 22.1. The molecule has 0 aliphatic heterocycles. The van der Waals surface area contributed by atoms with Gasteiger partial charge in [-0.2, -0.15) is 0 Å². The van der Waals surface area contributed by atoms with Crippen molar-refractivity contribution in [2.45, 2.75) is 6.54 Å². The van der Waals surface area contributed by atoms with Crippen LogP contribution in [0.15, 0.2) is 48.5 Å². The fourth-order valence-corrected chi connectivity index (χ4v) is 2.09. The molecule has 0 saturated heterocycles. The van der Waals surface area contributed by atoms with Gasteiger partial charge in [0, 0.05) is 43.7 Å². The molecule has 8 nitrogen and oxygen atoms in total.